The first-order chi connectivity index (χ1) is 14.7. The number of carbonyl (C=O) groups is 2. The maximum Gasteiger partial charge on any atom is 0.262 e. The van der Waals surface area contributed by atoms with E-state index in [9.17, 15) is 18.0 Å². The highest BCUT2D eigenvalue weighted by molar-refractivity contribution is 7.89. The van der Waals surface area contributed by atoms with Crippen LogP contribution in [-0.4, -0.2) is 44.2 Å². The van der Waals surface area contributed by atoms with Gasteiger partial charge in [0.15, 0.2) is 6.61 Å². The van der Waals surface area contributed by atoms with Gasteiger partial charge in [-0.1, -0.05) is 26.0 Å². The highest BCUT2D eigenvalue weighted by atomic mass is 32.2. The Balaban J connectivity index is 1.83. The summed E-state index contributed by atoms with van der Waals surface area (Å²) in [4.78, 5) is 24.6. The fourth-order valence-corrected chi connectivity index (χ4v) is 4.93. The van der Waals surface area contributed by atoms with Crippen molar-refractivity contribution in [2.45, 2.75) is 38.6 Å². The SMILES string of the molecule is CCN(CC)S(=O)(=O)c1ccc(C)c(C(=O)NC(C)c2ccc3c(c2)NC(=O)CO3)c1. The second-order valence-corrected chi connectivity index (χ2v) is 9.29. The van der Waals surface area contributed by atoms with Crippen LogP contribution >= 0.6 is 0 Å². The molecule has 1 heterocycles. The highest BCUT2D eigenvalue weighted by Gasteiger charge is 2.24. The third kappa shape index (κ3) is 4.72. The Kier molecular flexibility index (Phi) is 6.66. The molecule has 2 aromatic rings. The lowest BCUT2D eigenvalue weighted by molar-refractivity contribution is -0.118. The summed E-state index contributed by atoms with van der Waals surface area (Å²) < 4.78 is 32.4. The third-order valence-electron chi connectivity index (χ3n) is 5.28. The highest BCUT2D eigenvalue weighted by Crippen LogP contribution is 2.30. The quantitative estimate of drug-likeness (QED) is 0.682. The van der Waals surface area contributed by atoms with Crippen molar-refractivity contribution in [3.63, 3.8) is 0 Å². The number of fused-ring (bicyclic) bond motifs is 1. The van der Waals surface area contributed by atoms with E-state index in [1.807, 2.05) is 13.0 Å². The Labute approximate surface area is 182 Å². The number of amides is 2. The number of anilines is 1. The lowest BCUT2D eigenvalue weighted by atomic mass is 10.0. The predicted molar refractivity (Wildman–Crippen MR) is 118 cm³/mol. The Bertz CT molecular complexity index is 1110. The van der Waals surface area contributed by atoms with Crippen molar-refractivity contribution >= 4 is 27.5 Å². The molecule has 166 valence electrons. The van der Waals surface area contributed by atoms with Gasteiger partial charge in [-0.25, -0.2) is 8.42 Å². The van der Waals surface area contributed by atoms with E-state index in [2.05, 4.69) is 10.6 Å². The zero-order valence-corrected chi connectivity index (χ0v) is 18.9. The zero-order chi connectivity index (χ0) is 22.8. The molecule has 0 saturated heterocycles. The van der Waals surface area contributed by atoms with Crippen molar-refractivity contribution in [2.75, 3.05) is 25.0 Å². The second kappa shape index (κ2) is 9.07. The van der Waals surface area contributed by atoms with Crippen molar-refractivity contribution < 1.29 is 22.7 Å². The van der Waals surface area contributed by atoms with Crippen molar-refractivity contribution in [3.05, 3.63) is 53.1 Å². The van der Waals surface area contributed by atoms with Gasteiger partial charge in [0.1, 0.15) is 5.75 Å². The lowest BCUT2D eigenvalue weighted by Crippen LogP contribution is -2.31. The Morgan fingerprint density at radius 3 is 2.58 bits per heavy atom. The summed E-state index contributed by atoms with van der Waals surface area (Å²) in [5.41, 5.74) is 2.31. The number of aryl methyl sites for hydroxylation is 1. The predicted octanol–water partition coefficient (Wildman–Crippen LogP) is 2.85. The monoisotopic (exact) mass is 445 g/mol. The maximum absolute atomic E-state index is 13.0. The molecule has 1 aliphatic rings. The van der Waals surface area contributed by atoms with Crippen LogP contribution in [0.1, 0.15) is 48.3 Å². The van der Waals surface area contributed by atoms with Crippen LogP contribution in [-0.2, 0) is 14.8 Å². The van der Waals surface area contributed by atoms with E-state index in [1.54, 1.807) is 39.0 Å². The molecule has 0 aliphatic carbocycles. The number of nitrogens with one attached hydrogen (secondary N) is 2. The number of benzene rings is 2. The van der Waals surface area contributed by atoms with Crippen LogP contribution in [0.5, 0.6) is 5.75 Å². The molecule has 3 rings (SSSR count). The lowest BCUT2D eigenvalue weighted by Gasteiger charge is -2.21. The van der Waals surface area contributed by atoms with Crippen LogP contribution in [0, 0.1) is 6.92 Å². The van der Waals surface area contributed by atoms with Crippen molar-refractivity contribution in [2.24, 2.45) is 0 Å². The largest absolute Gasteiger partial charge is 0.482 e. The van der Waals surface area contributed by atoms with Crippen LogP contribution in [0.15, 0.2) is 41.3 Å². The van der Waals surface area contributed by atoms with Gasteiger partial charge in [-0.3, -0.25) is 9.59 Å². The van der Waals surface area contributed by atoms with Crippen LogP contribution < -0.4 is 15.4 Å². The minimum absolute atomic E-state index is 0.0232. The van der Waals surface area contributed by atoms with Crippen LogP contribution in [0.2, 0.25) is 0 Å². The molecule has 2 amide bonds. The Morgan fingerprint density at radius 1 is 1.19 bits per heavy atom. The van der Waals surface area contributed by atoms with Gasteiger partial charge in [-0.05, 0) is 49.2 Å². The molecule has 0 saturated carbocycles. The van der Waals surface area contributed by atoms with Crippen LogP contribution in [0.25, 0.3) is 0 Å². The summed E-state index contributed by atoms with van der Waals surface area (Å²) >= 11 is 0. The van der Waals surface area contributed by atoms with Gasteiger partial charge >= 0.3 is 0 Å². The molecular weight excluding hydrogens is 418 g/mol. The number of sulfonamides is 1. The van der Waals surface area contributed by atoms with Gasteiger partial charge in [0.25, 0.3) is 11.8 Å². The van der Waals surface area contributed by atoms with Crippen molar-refractivity contribution in [1.82, 2.24) is 9.62 Å². The van der Waals surface area contributed by atoms with E-state index in [0.717, 1.165) is 5.56 Å². The van der Waals surface area contributed by atoms with E-state index in [0.29, 0.717) is 35.7 Å². The zero-order valence-electron chi connectivity index (χ0n) is 18.1. The summed E-state index contributed by atoms with van der Waals surface area (Å²) in [6.07, 6.45) is 0. The molecule has 2 N–H and O–H groups in total. The van der Waals surface area contributed by atoms with Gasteiger partial charge in [0, 0.05) is 18.7 Å². The molecule has 31 heavy (non-hydrogen) atoms. The minimum Gasteiger partial charge on any atom is -0.482 e. The number of rotatable bonds is 7. The summed E-state index contributed by atoms with van der Waals surface area (Å²) in [5, 5.41) is 5.65. The summed E-state index contributed by atoms with van der Waals surface area (Å²) in [6.45, 7) is 7.81. The molecule has 0 radical (unpaired) electrons. The third-order valence-corrected chi connectivity index (χ3v) is 7.33. The van der Waals surface area contributed by atoms with Crippen LogP contribution in [0.4, 0.5) is 5.69 Å². The maximum atomic E-state index is 13.0. The Hall–Kier alpha value is -2.91. The van der Waals surface area contributed by atoms with E-state index in [-0.39, 0.29) is 29.4 Å². The topological polar surface area (TPSA) is 105 Å². The van der Waals surface area contributed by atoms with Gasteiger partial charge < -0.3 is 15.4 Å². The van der Waals surface area contributed by atoms with E-state index in [4.69, 9.17) is 4.74 Å². The first-order valence-corrected chi connectivity index (χ1v) is 11.6. The van der Waals surface area contributed by atoms with Gasteiger partial charge in [-0.15, -0.1) is 0 Å². The van der Waals surface area contributed by atoms with Crippen molar-refractivity contribution in [3.8, 4) is 5.75 Å². The smallest absolute Gasteiger partial charge is 0.262 e. The molecule has 0 bridgehead atoms. The molecule has 2 aromatic carbocycles. The first kappa shape index (κ1) is 22.8. The average molecular weight is 446 g/mol. The van der Waals surface area contributed by atoms with Gasteiger partial charge in [-0.2, -0.15) is 4.31 Å². The van der Waals surface area contributed by atoms with E-state index in [1.165, 1.54) is 16.4 Å². The van der Waals surface area contributed by atoms with Crippen LogP contribution in [0.3, 0.4) is 0 Å². The van der Waals surface area contributed by atoms with Gasteiger partial charge in [0.2, 0.25) is 10.0 Å². The number of carbonyl (C=O) groups excluding carboxylic acids is 2. The fraction of sp³-hybridized carbons (Fsp3) is 0.364. The Morgan fingerprint density at radius 2 is 1.90 bits per heavy atom. The molecule has 8 nitrogen and oxygen atoms in total. The van der Waals surface area contributed by atoms with E-state index < -0.39 is 10.0 Å². The van der Waals surface area contributed by atoms with E-state index >= 15 is 0 Å². The molecule has 9 heteroatoms. The standard InChI is InChI=1S/C22H27N3O5S/c1-5-25(6-2)31(28,29)17-9-7-14(3)18(12-17)22(27)23-15(4)16-8-10-20-19(11-16)24-21(26)13-30-20/h7-12,15H,5-6,13H2,1-4H3,(H,23,27)(H,24,26). The number of nitrogens with zero attached hydrogens (tertiary/aromatic N) is 1. The molecule has 1 atom stereocenters. The average Bonchev–Trinajstić information content (AvgIpc) is 2.73. The molecule has 1 unspecified atom stereocenters. The second-order valence-electron chi connectivity index (χ2n) is 7.35. The van der Waals surface area contributed by atoms with Crippen molar-refractivity contribution in [1.29, 1.82) is 0 Å². The molecule has 0 fully saturated rings. The molecule has 0 aromatic heterocycles. The minimum atomic E-state index is -3.67. The summed E-state index contributed by atoms with van der Waals surface area (Å²) in [5.74, 6) is -0.0326. The number of hydrogen-bond acceptors (Lipinski definition) is 5. The number of hydrogen-bond donors (Lipinski definition) is 2. The molecule has 1 aliphatic heterocycles. The molecular formula is C22H27N3O5S. The normalized spacial score (nSPS) is 14.4. The molecule has 0 spiro atoms. The number of ether oxygens (including phenoxy) is 1. The fourth-order valence-electron chi connectivity index (χ4n) is 3.45. The summed E-state index contributed by atoms with van der Waals surface area (Å²) in [7, 11) is -3.67. The summed E-state index contributed by atoms with van der Waals surface area (Å²) in [6, 6.07) is 9.53. The van der Waals surface area contributed by atoms with Gasteiger partial charge in [0.05, 0.1) is 16.6 Å². The first-order valence-electron chi connectivity index (χ1n) is 10.2.